The second-order valence-electron chi connectivity index (χ2n) is 5.74. The van der Waals surface area contributed by atoms with Crippen molar-refractivity contribution in [2.24, 2.45) is 11.3 Å². The summed E-state index contributed by atoms with van der Waals surface area (Å²) in [7, 11) is 0. The predicted octanol–water partition coefficient (Wildman–Crippen LogP) is 2.61. The maximum atomic E-state index is 11.1. The van der Waals surface area contributed by atoms with Crippen molar-refractivity contribution < 1.29 is 9.90 Å². The number of likely N-dealkylation sites (tertiary alicyclic amines) is 1. The quantitative estimate of drug-likeness (QED) is 0.785. The second kappa shape index (κ2) is 5.67. The van der Waals surface area contributed by atoms with Crippen LogP contribution < -0.4 is 0 Å². The molecule has 0 aliphatic carbocycles. The van der Waals surface area contributed by atoms with Crippen molar-refractivity contribution in [3.63, 3.8) is 0 Å². The molecule has 1 fully saturated rings. The van der Waals surface area contributed by atoms with Gasteiger partial charge < -0.3 is 10.0 Å². The highest BCUT2D eigenvalue weighted by molar-refractivity contribution is 5.74. The van der Waals surface area contributed by atoms with Crippen LogP contribution in [0.4, 0.5) is 0 Å². The van der Waals surface area contributed by atoms with Gasteiger partial charge in [0.2, 0.25) is 0 Å². The lowest BCUT2D eigenvalue weighted by Gasteiger charge is -2.36. The van der Waals surface area contributed by atoms with E-state index in [4.69, 9.17) is 5.11 Å². The first-order valence-electron chi connectivity index (χ1n) is 6.40. The van der Waals surface area contributed by atoms with Gasteiger partial charge in [-0.15, -0.1) is 0 Å². The average Bonchev–Trinajstić information content (AvgIpc) is 2.20. The van der Waals surface area contributed by atoms with Crippen molar-refractivity contribution in [3.8, 4) is 0 Å². The van der Waals surface area contributed by atoms with E-state index in [1.165, 1.54) is 12.8 Å². The molecule has 0 radical (unpaired) electrons. The fourth-order valence-corrected chi connectivity index (χ4v) is 2.21. The van der Waals surface area contributed by atoms with Crippen LogP contribution >= 0.6 is 0 Å². The third kappa shape index (κ3) is 3.78. The molecule has 1 aliphatic heterocycles. The summed E-state index contributed by atoms with van der Waals surface area (Å²) in [5.41, 5.74) is -0.478. The minimum Gasteiger partial charge on any atom is -0.481 e. The lowest BCUT2D eigenvalue weighted by Crippen LogP contribution is -2.42. The molecular weight excluding hydrogens is 202 g/mol. The Morgan fingerprint density at radius 2 is 1.94 bits per heavy atom. The molecule has 94 valence electrons. The standard InChI is InChI=1S/C13H25NO2/c1-11(2)5-4-8-14-9-6-13(3,7-10-14)12(15)16/h11H,4-10H2,1-3H3,(H,15,16). The molecule has 0 bridgehead atoms. The molecule has 1 rings (SSSR count). The van der Waals surface area contributed by atoms with Crippen molar-refractivity contribution in [3.05, 3.63) is 0 Å². The van der Waals surface area contributed by atoms with E-state index in [1.807, 2.05) is 6.92 Å². The molecule has 0 unspecified atom stereocenters. The minimum atomic E-state index is -0.630. The Morgan fingerprint density at radius 3 is 2.38 bits per heavy atom. The highest BCUT2D eigenvalue weighted by atomic mass is 16.4. The maximum Gasteiger partial charge on any atom is 0.309 e. The van der Waals surface area contributed by atoms with Crippen molar-refractivity contribution >= 4 is 5.97 Å². The second-order valence-corrected chi connectivity index (χ2v) is 5.74. The zero-order valence-corrected chi connectivity index (χ0v) is 10.8. The number of carboxylic acid groups (broad SMARTS) is 1. The monoisotopic (exact) mass is 227 g/mol. The highest BCUT2D eigenvalue weighted by Crippen LogP contribution is 2.31. The van der Waals surface area contributed by atoms with Crippen LogP contribution in [-0.4, -0.2) is 35.6 Å². The molecule has 0 aromatic heterocycles. The Hall–Kier alpha value is -0.570. The first kappa shape index (κ1) is 13.5. The molecule has 1 aliphatic rings. The SMILES string of the molecule is CC(C)CCCN1CCC(C)(C(=O)O)CC1. The van der Waals surface area contributed by atoms with Crippen molar-refractivity contribution in [1.29, 1.82) is 0 Å². The van der Waals surface area contributed by atoms with Crippen LogP contribution in [0.3, 0.4) is 0 Å². The topological polar surface area (TPSA) is 40.5 Å². The van der Waals surface area contributed by atoms with Gasteiger partial charge in [0.05, 0.1) is 5.41 Å². The van der Waals surface area contributed by atoms with Crippen molar-refractivity contribution in [2.75, 3.05) is 19.6 Å². The van der Waals surface area contributed by atoms with Crippen LogP contribution in [0.15, 0.2) is 0 Å². The van der Waals surface area contributed by atoms with Crippen LogP contribution in [-0.2, 0) is 4.79 Å². The number of aliphatic carboxylic acids is 1. The molecule has 3 heteroatoms. The van der Waals surface area contributed by atoms with Gasteiger partial charge in [0.15, 0.2) is 0 Å². The number of hydrogen-bond acceptors (Lipinski definition) is 2. The molecule has 0 atom stereocenters. The van der Waals surface area contributed by atoms with Crippen LogP contribution in [0.2, 0.25) is 0 Å². The Kier molecular flexibility index (Phi) is 4.78. The average molecular weight is 227 g/mol. The summed E-state index contributed by atoms with van der Waals surface area (Å²) < 4.78 is 0. The zero-order chi connectivity index (χ0) is 12.2. The summed E-state index contributed by atoms with van der Waals surface area (Å²) in [6.07, 6.45) is 4.10. The van der Waals surface area contributed by atoms with Crippen molar-refractivity contribution in [2.45, 2.75) is 46.5 Å². The van der Waals surface area contributed by atoms with Crippen LogP contribution in [0.5, 0.6) is 0 Å². The molecule has 1 saturated heterocycles. The fourth-order valence-electron chi connectivity index (χ4n) is 2.21. The van der Waals surface area contributed by atoms with E-state index in [0.717, 1.165) is 38.4 Å². The molecule has 0 aromatic rings. The Labute approximate surface area is 98.8 Å². The molecule has 0 saturated carbocycles. The fraction of sp³-hybridized carbons (Fsp3) is 0.923. The minimum absolute atomic E-state index is 0.478. The number of piperidine rings is 1. The highest BCUT2D eigenvalue weighted by Gasteiger charge is 2.36. The molecular formula is C13H25NO2. The molecule has 16 heavy (non-hydrogen) atoms. The van der Waals surface area contributed by atoms with Crippen LogP contribution in [0.25, 0.3) is 0 Å². The molecule has 0 spiro atoms. The lowest BCUT2D eigenvalue weighted by atomic mass is 9.80. The maximum absolute atomic E-state index is 11.1. The van der Waals surface area contributed by atoms with Gasteiger partial charge in [-0.25, -0.2) is 0 Å². The third-order valence-electron chi connectivity index (χ3n) is 3.73. The number of carbonyl (C=O) groups is 1. The van der Waals surface area contributed by atoms with E-state index in [1.54, 1.807) is 0 Å². The van der Waals surface area contributed by atoms with Gasteiger partial charge in [-0.2, -0.15) is 0 Å². The Balaban J connectivity index is 2.24. The van der Waals surface area contributed by atoms with E-state index in [2.05, 4.69) is 18.7 Å². The Bertz CT molecular complexity index is 230. The van der Waals surface area contributed by atoms with E-state index in [0.29, 0.717) is 0 Å². The van der Waals surface area contributed by atoms with Crippen LogP contribution in [0, 0.1) is 11.3 Å². The molecule has 1 heterocycles. The van der Waals surface area contributed by atoms with E-state index >= 15 is 0 Å². The van der Waals surface area contributed by atoms with Crippen LogP contribution in [0.1, 0.15) is 46.5 Å². The molecule has 1 N–H and O–H groups in total. The first-order valence-corrected chi connectivity index (χ1v) is 6.40. The van der Waals surface area contributed by atoms with Crippen molar-refractivity contribution in [1.82, 2.24) is 4.90 Å². The summed E-state index contributed by atoms with van der Waals surface area (Å²) in [6.45, 7) is 9.39. The molecule has 0 aromatic carbocycles. The first-order chi connectivity index (χ1) is 7.44. The van der Waals surface area contributed by atoms with Gasteiger partial charge in [-0.05, 0) is 58.2 Å². The van der Waals surface area contributed by atoms with Gasteiger partial charge >= 0.3 is 5.97 Å². The number of hydrogen-bond donors (Lipinski definition) is 1. The Morgan fingerprint density at radius 1 is 1.38 bits per heavy atom. The van der Waals surface area contributed by atoms with Gasteiger partial charge in [-0.1, -0.05) is 13.8 Å². The normalized spacial score (nSPS) is 21.2. The smallest absolute Gasteiger partial charge is 0.309 e. The van der Waals surface area contributed by atoms with Gasteiger partial charge in [0.25, 0.3) is 0 Å². The van der Waals surface area contributed by atoms with Gasteiger partial charge in [-0.3, -0.25) is 4.79 Å². The molecule has 3 nitrogen and oxygen atoms in total. The summed E-state index contributed by atoms with van der Waals surface area (Å²) in [6, 6.07) is 0. The lowest BCUT2D eigenvalue weighted by molar-refractivity contribution is -0.150. The summed E-state index contributed by atoms with van der Waals surface area (Å²) >= 11 is 0. The summed E-state index contributed by atoms with van der Waals surface area (Å²) in [5, 5.41) is 9.11. The van der Waals surface area contributed by atoms with E-state index in [9.17, 15) is 4.79 Å². The molecule has 0 amide bonds. The number of carboxylic acids is 1. The number of rotatable bonds is 5. The van der Waals surface area contributed by atoms with E-state index < -0.39 is 11.4 Å². The van der Waals surface area contributed by atoms with Gasteiger partial charge in [0.1, 0.15) is 0 Å². The van der Waals surface area contributed by atoms with E-state index in [-0.39, 0.29) is 0 Å². The third-order valence-corrected chi connectivity index (χ3v) is 3.73. The summed E-state index contributed by atoms with van der Waals surface area (Å²) in [4.78, 5) is 13.5. The summed E-state index contributed by atoms with van der Waals surface area (Å²) in [5.74, 6) is 0.142. The number of nitrogens with zero attached hydrogens (tertiary/aromatic N) is 1. The van der Waals surface area contributed by atoms with Gasteiger partial charge in [0, 0.05) is 0 Å². The predicted molar refractivity (Wildman–Crippen MR) is 65.5 cm³/mol. The largest absolute Gasteiger partial charge is 0.481 e. The zero-order valence-electron chi connectivity index (χ0n) is 10.8.